The highest BCUT2D eigenvalue weighted by atomic mass is 127. The van der Waals surface area contributed by atoms with E-state index in [1.54, 1.807) is 7.11 Å². The molecule has 0 amide bonds. The SMILES string of the molecule is CCNC(=NCc1ccccc1N1CCOCC1)N1CCN(c2ccc(OC)cc2)CC1.I. The largest absolute Gasteiger partial charge is 0.497 e. The summed E-state index contributed by atoms with van der Waals surface area (Å²) in [7, 11) is 1.70. The van der Waals surface area contributed by atoms with Gasteiger partial charge < -0.3 is 29.5 Å². The van der Waals surface area contributed by atoms with Gasteiger partial charge in [0.05, 0.1) is 26.9 Å². The number of nitrogens with one attached hydrogen (secondary N) is 1. The Kier molecular flexibility index (Phi) is 9.93. The maximum Gasteiger partial charge on any atom is 0.194 e. The summed E-state index contributed by atoms with van der Waals surface area (Å²) in [6.45, 7) is 11.0. The maximum absolute atomic E-state index is 5.53. The van der Waals surface area contributed by atoms with Crippen LogP contribution in [0.1, 0.15) is 12.5 Å². The fourth-order valence-electron chi connectivity index (χ4n) is 4.31. The molecule has 0 unspecified atom stereocenters. The molecule has 2 aliphatic heterocycles. The van der Waals surface area contributed by atoms with E-state index in [1.165, 1.54) is 16.9 Å². The van der Waals surface area contributed by atoms with E-state index >= 15 is 0 Å². The minimum Gasteiger partial charge on any atom is -0.497 e. The van der Waals surface area contributed by atoms with Crippen molar-refractivity contribution in [2.24, 2.45) is 4.99 Å². The number of guanidine groups is 1. The molecule has 180 valence electrons. The Labute approximate surface area is 214 Å². The quantitative estimate of drug-likeness (QED) is 0.329. The molecule has 4 rings (SSSR count). The van der Waals surface area contributed by atoms with E-state index in [0.29, 0.717) is 6.54 Å². The molecule has 0 aromatic heterocycles. The molecule has 2 aliphatic rings. The fourth-order valence-corrected chi connectivity index (χ4v) is 4.31. The Hall–Kier alpha value is -2.20. The number of halogens is 1. The van der Waals surface area contributed by atoms with E-state index in [0.717, 1.165) is 70.7 Å². The van der Waals surface area contributed by atoms with Gasteiger partial charge in [0.15, 0.2) is 5.96 Å². The van der Waals surface area contributed by atoms with Crippen molar-refractivity contribution >= 4 is 41.3 Å². The van der Waals surface area contributed by atoms with Crippen LogP contribution in [-0.2, 0) is 11.3 Å². The molecule has 2 saturated heterocycles. The van der Waals surface area contributed by atoms with E-state index < -0.39 is 0 Å². The molecule has 2 fully saturated rings. The third kappa shape index (κ3) is 6.66. The second-order valence-corrected chi connectivity index (χ2v) is 8.07. The first-order valence-electron chi connectivity index (χ1n) is 11.6. The number of rotatable bonds is 6. The topological polar surface area (TPSA) is 52.6 Å². The summed E-state index contributed by atoms with van der Waals surface area (Å²) in [5, 5.41) is 3.50. The zero-order chi connectivity index (χ0) is 22.2. The lowest BCUT2D eigenvalue weighted by atomic mass is 10.1. The number of aliphatic imine (C=N–C) groups is 1. The van der Waals surface area contributed by atoms with Gasteiger partial charge in [0.2, 0.25) is 0 Å². The van der Waals surface area contributed by atoms with Gasteiger partial charge in [-0.15, -0.1) is 24.0 Å². The molecular formula is C25H36IN5O2. The number of hydrogen-bond acceptors (Lipinski definition) is 5. The molecule has 7 nitrogen and oxygen atoms in total. The molecule has 1 N–H and O–H groups in total. The third-order valence-electron chi connectivity index (χ3n) is 6.09. The van der Waals surface area contributed by atoms with E-state index in [4.69, 9.17) is 14.5 Å². The van der Waals surface area contributed by atoms with Gasteiger partial charge in [-0.3, -0.25) is 0 Å². The van der Waals surface area contributed by atoms with Crippen molar-refractivity contribution in [1.82, 2.24) is 10.2 Å². The van der Waals surface area contributed by atoms with Gasteiger partial charge in [-0.1, -0.05) is 18.2 Å². The normalized spacial score (nSPS) is 16.9. The van der Waals surface area contributed by atoms with Crippen molar-refractivity contribution in [2.75, 3.05) is 75.9 Å². The second kappa shape index (κ2) is 12.9. The van der Waals surface area contributed by atoms with Gasteiger partial charge in [0.25, 0.3) is 0 Å². The van der Waals surface area contributed by atoms with E-state index in [9.17, 15) is 0 Å². The predicted octanol–water partition coefficient (Wildman–Crippen LogP) is 3.44. The minimum absolute atomic E-state index is 0. The van der Waals surface area contributed by atoms with E-state index in [1.807, 2.05) is 12.1 Å². The molecule has 33 heavy (non-hydrogen) atoms. The zero-order valence-corrected chi connectivity index (χ0v) is 22.0. The average Bonchev–Trinajstić information content (AvgIpc) is 2.87. The Morgan fingerprint density at radius 2 is 1.64 bits per heavy atom. The number of hydrogen-bond donors (Lipinski definition) is 1. The van der Waals surface area contributed by atoms with Crippen LogP contribution in [0.3, 0.4) is 0 Å². The van der Waals surface area contributed by atoms with Crippen LogP contribution >= 0.6 is 24.0 Å². The fraction of sp³-hybridized carbons (Fsp3) is 0.480. The summed E-state index contributed by atoms with van der Waals surface area (Å²) < 4.78 is 10.8. The van der Waals surface area contributed by atoms with Gasteiger partial charge in [-0.05, 0) is 42.8 Å². The lowest BCUT2D eigenvalue weighted by molar-refractivity contribution is 0.122. The molecule has 0 atom stereocenters. The van der Waals surface area contributed by atoms with Crippen LogP contribution in [0.5, 0.6) is 5.75 Å². The predicted molar refractivity (Wildman–Crippen MR) is 146 cm³/mol. The number of para-hydroxylation sites is 1. The van der Waals surface area contributed by atoms with E-state index in [2.05, 4.69) is 63.3 Å². The first-order chi connectivity index (χ1) is 15.8. The third-order valence-corrected chi connectivity index (χ3v) is 6.09. The average molecular weight is 566 g/mol. The minimum atomic E-state index is 0. The van der Waals surface area contributed by atoms with E-state index in [-0.39, 0.29) is 24.0 Å². The van der Waals surface area contributed by atoms with Crippen molar-refractivity contribution in [3.8, 4) is 5.75 Å². The van der Waals surface area contributed by atoms with Gasteiger partial charge in [0, 0.05) is 57.2 Å². The molecule has 0 bridgehead atoms. The van der Waals surface area contributed by atoms with Gasteiger partial charge in [0.1, 0.15) is 5.75 Å². The van der Waals surface area contributed by atoms with Crippen LogP contribution in [0.2, 0.25) is 0 Å². The van der Waals surface area contributed by atoms with Crippen LogP contribution in [0.15, 0.2) is 53.5 Å². The summed E-state index contributed by atoms with van der Waals surface area (Å²) in [6, 6.07) is 16.9. The molecule has 0 radical (unpaired) electrons. The number of anilines is 2. The number of morpholine rings is 1. The lowest BCUT2D eigenvalue weighted by Gasteiger charge is -2.37. The highest BCUT2D eigenvalue weighted by molar-refractivity contribution is 14.0. The smallest absolute Gasteiger partial charge is 0.194 e. The molecule has 8 heteroatoms. The maximum atomic E-state index is 5.53. The number of piperazine rings is 1. The first kappa shape index (κ1) is 25.4. The molecule has 0 saturated carbocycles. The van der Waals surface area contributed by atoms with Crippen molar-refractivity contribution in [2.45, 2.75) is 13.5 Å². The summed E-state index contributed by atoms with van der Waals surface area (Å²) in [6.07, 6.45) is 0. The number of benzene rings is 2. The van der Waals surface area contributed by atoms with Crippen molar-refractivity contribution in [3.63, 3.8) is 0 Å². The molecule has 2 aromatic carbocycles. The monoisotopic (exact) mass is 565 g/mol. The Bertz CT molecular complexity index is 879. The molecular weight excluding hydrogens is 529 g/mol. The first-order valence-corrected chi connectivity index (χ1v) is 11.6. The van der Waals surface area contributed by atoms with Crippen LogP contribution < -0.4 is 19.9 Å². The molecule has 0 aliphatic carbocycles. The highest BCUT2D eigenvalue weighted by Crippen LogP contribution is 2.23. The molecule has 0 spiro atoms. The van der Waals surface area contributed by atoms with Gasteiger partial charge >= 0.3 is 0 Å². The second-order valence-electron chi connectivity index (χ2n) is 8.07. The Balaban J connectivity index is 0.00000306. The Morgan fingerprint density at radius 1 is 0.939 bits per heavy atom. The Morgan fingerprint density at radius 3 is 2.30 bits per heavy atom. The summed E-state index contributed by atoms with van der Waals surface area (Å²) in [5.41, 5.74) is 3.79. The van der Waals surface area contributed by atoms with Gasteiger partial charge in [-0.25, -0.2) is 4.99 Å². The van der Waals surface area contributed by atoms with Crippen LogP contribution in [0, 0.1) is 0 Å². The molecule has 2 heterocycles. The number of methoxy groups -OCH3 is 1. The van der Waals surface area contributed by atoms with Gasteiger partial charge in [-0.2, -0.15) is 0 Å². The zero-order valence-electron chi connectivity index (χ0n) is 19.7. The summed E-state index contributed by atoms with van der Waals surface area (Å²) in [5.74, 6) is 1.89. The van der Waals surface area contributed by atoms with Crippen molar-refractivity contribution in [3.05, 3.63) is 54.1 Å². The molecule has 2 aromatic rings. The van der Waals surface area contributed by atoms with Crippen LogP contribution in [-0.4, -0.2) is 77.0 Å². The summed E-state index contributed by atoms with van der Waals surface area (Å²) in [4.78, 5) is 12.2. The summed E-state index contributed by atoms with van der Waals surface area (Å²) >= 11 is 0. The standard InChI is InChI=1S/C25H35N5O2.HI/c1-3-26-25(27-20-21-6-4-5-7-24(21)29-16-18-32-19-17-29)30-14-12-28(13-15-30)22-8-10-23(31-2)11-9-22;/h4-11H,3,12-20H2,1-2H3,(H,26,27);1H. The van der Waals surface area contributed by atoms with Crippen molar-refractivity contribution in [1.29, 1.82) is 0 Å². The lowest BCUT2D eigenvalue weighted by Crippen LogP contribution is -2.52. The highest BCUT2D eigenvalue weighted by Gasteiger charge is 2.20. The van der Waals surface area contributed by atoms with Crippen LogP contribution in [0.4, 0.5) is 11.4 Å². The van der Waals surface area contributed by atoms with Crippen LogP contribution in [0.25, 0.3) is 0 Å². The number of ether oxygens (including phenoxy) is 2. The number of nitrogens with zero attached hydrogens (tertiary/aromatic N) is 4. The van der Waals surface area contributed by atoms with Crippen molar-refractivity contribution < 1.29 is 9.47 Å².